The van der Waals surface area contributed by atoms with Gasteiger partial charge in [0, 0.05) is 17.5 Å². The van der Waals surface area contributed by atoms with Crippen molar-refractivity contribution >= 4 is 32.9 Å². The number of anilines is 1. The van der Waals surface area contributed by atoms with Gasteiger partial charge in [0.2, 0.25) is 4.21 Å². The van der Waals surface area contributed by atoms with E-state index in [1.807, 2.05) is 0 Å². The fraction of sp³-hybridized carbons (Fsp3) is 0.300. The molecule has 0 bridgehead atoms. The largest absolute Gasteiger partial charge is 0.399 e. The molecule has 0 saturated heterocycles. The Morgan fingerprint density at radius 1 is 1.44 bits per heavy atom. The van der Waals surface area contributed by atoms with Crippen LogP contribution in [0.5, 0.6) is 0 Å². The van der Waals surface area contributed by atoms with E-state index in [2.05, 4.69) is 0 Å². The maximum Gasteiger partial charge on any atom is 0.204 e. The summed E-state index contributed by atoms with van der Waals surface area (Å²) in [6, 6.07) is 6.04. The quantitative estimate of drug-likeness (QED) is 0.508. The minimum absolute atomic E-state index is 0.183. The summed E-state index contributed by atoms with van der Waals surface area (Å²) in [7, 11) is -3.69. The van der Waals surface area contributed by atoms with Crippen LogP contribution in [0.1, 0.15) is 17.3 Å². The number of rotatable bonds is 3. The first-order valence-corrected chi connectivity index (χ1v) is 6.72. The summed E-state index contributed by atoms with van der Waals surface area (Å²) in [4.78, 5) is 11.9. The molecule has 0 saturated carbocycles. The van der Waals surface area contributed by atoms with Crippen molar-refractivity contribution in [3.63, 3.8) is 0 Å². The van der Waals surface area contributed by atoms with Crippen LogP contribution in [-0.2, 0) is 9.84 Å². The van der Waals surface area contributed by atoms with E-state index in [1.54, 1.807) is 12.1 Å². The topological polar surface area (TPSA) is 77.2 Å². The Labute approximate surface area is 99.3 Å². The second kappa shape index (κ2) is 4.07. The van der Waals surface area contributed by atoms with E-state index in [1.165, 1.54) is 12.1 Å². The molecular formula is C10H12ClNO3S. The lowest BCUT2D eigenvalue weighted by Crippen LogP contribution is -2.37. The molecule has 1 aromatic carbocycles. The van der Waals surface area contributed by atoms with E-state index in [0.29, 0.717) is 5.69 Å². The van der Waals surface area contributed by atoms with E-state index >= 15 is 0 Å². The van der Waals surface area contributed by atoms with Gasteiger partial charge in [0.25, 0.3) is 0 Å². The zero-order chi connectivity index (χ0) is 12.6. The lowest BCUT2D eigenvalue weighted by atomic mass is 10.1. The van der Waals surface area contributed by atoms with E-state index in [-0.39, 0.29) is 5.56 Å². The zero-order valence-corrected chi connectivity index (χ0v) is 10.5. The van der Waals surface area contributed by atoms with Crippen molar-refractivity contribution in [3.05, 3.63) is 29.8 Å². The predicted octanol–water partition coefficient (Wildman–Crippen LogP) is 1.45. The van der Waals surface area contributed by atoms with Crippen molar-refractivity contribution in [2.75, 3.05) is 12.0 Å². The van der Waals surface area contributed by atoms with Crippen LogP contribution >= 0.6 is 11.6 Å². The van der Waals surface area contributed by atoms with Crippen LogP contribution in [0.25, 0.3) is 0 Å². The van der Waals surface area contributed by atoms with Gasteiger partial charge in [0.05, 0.1) is 0 Å². The maximum absolute atomic E-state index is 11.9. The number of halogens is 1. The summed E-state index contributed by atoms with van der Waals surface area (Å²) in [6.07, 6.45) is 0.921. The smallest absolute Gasteiger partial charge is 0.204 e. The molecule has 16 heavy (non-hydrogen) atoms. The third-order valence-electron chi connectivity index (χ3n) is 2.25. The van der Waals surface area contributed by atoms with Crippen molar-refractivity contribution < 1.29 is 13.2 Å². The van der Waals surface area contributed by atoms with Gasteiger partial charge in [-0.2, -0.15) is 0 Å². The van der Waals surface area contributed by atoms with Crippen LogP contribution in [0.15, 0.2) is 24.3 Å². The number of hydrogen-bond donors (Lipinski definition) is 1. The number of benzene rings is 1. The number of carbonyl (C=O) groups is 1. The highest BCUT2D eigenvalue weighted by Crippen LogP contribution is 2.27. The fourth-order valence-corrected chi connectivity index (χ4v) is 1.67. The maximum atomic E-state index is 11.9. The zero-order valence-electron chi connectivity index (χ0n) is 8.90. The van der Waals surface area contributed by atoms with Crippen molar-refractivity contribution in [3.8, 4) is 0 Å². The summed E-state index contributed by atoms with van der Waals surface area (Å²) < 4.78 is 20.8. The molecule has 0 aliphatic rings. The van der Waals surface area contributed by atoms with Crippen LogP contribution in [-0.4, -0.2) is 24.7 Å². The first-order chi connectivity index (χ1) is 7.16. The molecule has 0 aliphatic carbocycles. The Kier molecular flexibility index (Phi) is 3.30. The van der Waals surface area contributed by atoms with Crippen LogP contribution in [0.2, 0.25) is 0 Å². The second-order valence-corrected chi connectivity index (χ2v) is 6.98. The molecule has 88 valence electrons. The number of carbonyl (C=O) groups excluding carboxylic acids is 1. The van der Waals surface area contributed by atoms with Gasteiger partial charge in [0.15, 0.2) is 15.6 Å². The van der Waals surface area contributed by atoms with E-state index in [9.17, 15) is 13.2 Å². The number of hydrogen-bond acceptors (Lipinski definition) is 4. The van der Waals surface area contributed by atoms with E-state index < -0.39 is 19.8 Å². The Bertz CT molecular complexity index is 523. The Morgan fingerprint density at radius 2 is 2.00 bits per heavy atom. The van der Waals surface area contributed by atoms with Gasteiger partial charge in [-0.1, -0.05) is 23.7 Å². The molecule has 0 amide bonds. The average molecular weight is 262 g/mol. The summed E-state index contributed by atoms with van der Waals surface area (Å²) in [6.45, 7) is 1.16. The van der Waals surface area contributed by atoms with Crippen molar-refractivity contribution in [1.29, 1.82) is 0 Å². The normalized spacial score (nSPS) is 15.4. The highest BCUT2D eigenvalue weighted by Gasteiger charge is 2.41. The molecule has 0 unspecified atom stereocenters. The van der Waals surface area contributed by atoms with Crippen molar-refractivity contribution in [2.45, 2.75) is 11.1 Å². The first kappa shape index (κ1) is 13.0. The summed E-state index contributed by atoms with van der Waals surface area (Å²) in [5, 5.41) is 0. The number of ketones is 1. The van der Waals surface area contributed by atoms with Crippen LogP contribution in [0.3, 0.4) is 0 Å². The van der Waals surface area contributed by atoms with Gasteiger partial charge in [-0.3, -0.25) is 4.79 Å². The van der Waals surface area contributed by atoms with E-state index in [4.69, 9.17) is 17.3 Å². The summed E-state index contributed by atoms with van der Waals surface area (Å²) in [5.41, 5.74) is 6.07. The van der Waals surface area contributed by atoms with E-state index in [0.717, 1.165) is 13.2 Å². The van der Waals surface area contributed by atoms with Gasteiger partial charge in [-0.05, 0) is 19.1 Å². The molecule has 4 nitrogen and oxygen atoms in total. The Morgan fingerprint density at radius 3 is 2.44 bits per heavy atom. The fourth-order valence-electron chi connectivity index (χ4n) is 1.11. The summed E-state index contributed by atoms with van der Waals surface area (Å²) in [5.74, 6) is -0.677. The lowest BCUT2D eigenvalue weighted by molar-refractivity contribution is 0.0978. The minimum Gasteiger partial charge on any atom is -0.399 e. The number of nitrogens with two attached hydrogens (primary N) is 1. The number of alkyl halides is 1. The predicted molar refractivity (Wildman–Crippen MR) is 64.3 cm³/mol. The van der Waals surface area contributed by atoms with Gasteiger partial charge >= 0.3 is 0 Å². The average Bonchev–Trinajstić information content (AvgIpc) is 2.14. The molecule has 0 aliphatic heterocycles. The molecule has 1 aromatic rings. The molecule has 0 heterocycles. The number of sulfone groups is 1. The molecule has 0 aromatic heterocycles. The van der Waals surface area contributed by atoms with Crippen LogP contribution < -0.4 is 5.73 Å². The molecule has 1 atom stereocenters. The van der Waals surface area contributed by atoms with Gasteiger partial charge in [0.1, 0.15) is 0 Å². The molecule has 6 heteroatoms. The minimum atomic E-state index is -3.69. The molecule has 1 rings (SSSR count). The highest BCUT2D eigenvalue weighted by molar-refractivity contribution is 7.94. The summed E-state index contributed by atoms with van der Waals surface area (Å²) >= 11 is 5.77. The Hall–Kier alpha value is -1.07. The highest BCUT2D eigenvalue weighted by atomic mass is 35.5. The lowest BCUT2D eigenvalue weighted by Gasteiger charge is -2.18. The Balaban J connectivity index is 3.23. The number of Topliss-reactive ketones (excluding diaryl/α,β-unsaturated/α-hetero) is 1. The van der Waals surface area contributed by atoms with Gasteiger partial charge < -0.3 is 5.73 Å². The molecule has 2 N–H and O–H groups in total. The van der Waals surface area contributed by atoms with Crippen molar-refractivity contribution in [2.24, 2.45) is 0 Å². The first-order valence-electron chi connectivity index (χ1n) is 4.45. The van der Waals surface area contributed by atoms with Crippen LogP contribution in [0, 0.1) is 0 Å². The van der Waals surface area contributed by atoms with Crippen molar-refractivity contribution in [1.82, 2.24) is 0 Å². The molecule has 0 radical (unpaired) electrons. The standard InChI is InChI=1S/C10H12ClNO3S/c1-10(11,16(2,14)15)9(13)7-4-3-5-8(12)6-7/h3-6H,12H2,1-2H3/t10-/m0/s1. The molecule has 0 fully saturated rings. The monoisotopic (exact) mass is 261 g/mol. The van der Waals surface area contributed by atoms with Gasteiger partial charge in [-0.25, -0.2) is 8.42 Å². The SMILES string of the molecule is C[C@@](Cl)(C(=O)c1cccc(N)c1)S(C)(=O)=O. The van der Waals surface area contributed by atoms with Crippen LogP contribution in [0.4, 0.5) is 5.69 Å². The third kappa shape index (κ3) is 2.36. The molecular weight excluding hydrogens is 250 g/mol. The third-order valence-corrected chi connectivity index (χ3v) is 4.84. The number of nitrogen functional groups attached to an aromatic ring is 1. The second-order valence-electron chi connectivity index (χ2n) is 3.64. The van der Waals surface area contributed by atoms with Gasteiger partial charge in [-0.15, -0.1) is 0 Å². The molecule has 0 spiro atoms.